The summed E-state index contributed by atoms with van der Waals surface area (Å²) in [6, 6.07) is 23.1. The standard InChI is InChI=1S/C32H39N5O3/c1-31(2,3)28-22-29(34-30(38)33-27-14-7-10-23-9-5-6-13-26(23)27)37(35-28)24-11-8-12-25(21-24)40-20-19-36-17-15-32(4,39)16-18-36/h5-14,21-22,39H,15-20H2,1-4H3,(H2,33,34,38). The zero-order valence-electron chi connectivity index (χ0n) is 23.8. The predicted octanol–water partition coefficient (Wildman–Crippen LogP) is 6.19. The maximum Gasteiger partial charge on any atom is 0.324 e. The number of urea groups is 1. The number of piperidine rings is 1. The molecule has 3 N–H and O–H groups in total. The van der Waals surface area contributed by atoms with Gasteiger partial charge < -0.3 is 15.2 Å². The number of likely N-dealkylation sites (tertiary alicyclic amines) is 1. The lowest BCUT2D eigenvalue weighted by molar-refractivity contribution is -0.00768. The highest BCUT2D eigenvalue weighted by atomic mass is 16.5. The van der Waals surface area contributed by atoms with Gasteiger partial charge in [0.1, 0.15) is 18.2 Å². The molecule has 8 heteroatoms. The number of nitrogens with zero attached hydrogens (tertiary/aromatic N) is 3. The molecule has 0 saturated carbocycles. The van der Waals surface area contributed by atoms with Crippen LogP contribution >= 0.6 is 0 Å². The van der Waals surface area contributed by atoms with Gasteiger partial charge in [-0.2, -0.15) is 5.10 Å². The third kappa shape index (κ3) is 6.63. The molecule has 1 fully saturated rings. The van der Waals surface area contributed by atoms with Gasteiger partial charge in [0.15, 0.2) is 0 Å². The molecule has 0 atom stereocenters. The summed E-state index contributed by atoms with van der Waals surface area (Å²) < 4.78 is 7.85. The summed E-state index contributed by atoms with van der Waals surface area (Å²) in [5.41, 5.74) is 1.63. The lowest BCUT2D eigenvalue weighted by Crippen LogP contribution is -2.43. The molecule has 0 aliphatic carbocycles. The highest BCUT2D eigenvalue weighted by Gasteiger charge is 2.27. The second-order valence-electron chi connectivity index (χ2n) is 11.9. The van der Waals surface area contributed by atoms with Gasteiger partial charge in [-0.3, -0.25) is 10.2 Å². The van der Waals surface area contributed by atoms with Gasteiger partial charge in [0.2, 0.25) is 0 Å². The Morgan fingerprint density at radius 3 is 2.50 bits per heavy atom. The molecule has 1 saturated heterocycles. The van der Waals surface area contributed by atoms with Crippen LogP contribution in [-0.4, -0.2) is 57.7 Å². The number of hydrogen-bond acceptors (Lipinski definition) is 5. The third-order valence-corrected chi connectivity index (χ3v) is 7.43. The number of aromatic nitrogens is 2. The van der Waals surface area contributed by atoms with Crippen molar-refractivity contribution in [1.82, 2.24) is 14.7 Å². The van der Waals surface area contributed by atoms with Crippen LogP contribution in [0.25, 0.3) is 16.5 Å². The minimum Gasteiger partial charge on any atom is -0.492 e. The van der Waals surface area contributed by atoms with E-state index in [4.69, 9.17) is 9.84 Å². The van der Waals surface area contributed by atoms with Crippen LogP contribution in [0.2, 0.25) is 0 Å². The summed E-state index contributed by atoms with van der Waals surface area (Å²) in [4.78, 5) is 15.5. The van der Waals surface area contributed by atoms with E-state index in [-0.39, 0.29) is 11.4 Å². The summed E-state index contributed by atoms with van der Waals surface area (Å²) in [7, 11) is 0. The van der Waals surface area contributed by atoms with Crippen LogP contribution in [0.15, 0.2) is 72.8 Å². The number of benzene rings is 3. The van der Waals surface area contributed by atoms with Crippen molar-refractivity contribution in [2.45, 2.75) is 51.6 Å². The Morgan fingerprint density at radius 2 is 1.73 bits per heavy atom. The number of carbonyl (C=O) groups is 1. The predicted molar refractivity (Wildman–Crippen MR) is 161 cm³/mol. The van der Waals surface area contributed by atoms with Crippen molar-refractivity contribution in [3.05, 3.63) is 78.5 Å². The van der Waals surface area contributed by atoms with E-state index in [9.17, 15) is 9.90 Å². The number of rotatable bonds is 7. The van der Waals surface area contributed by atoms with Gasteiger partial charge in [-0.05, 0) is 43.4 Å². The Kier molecular flexibility index (Phi) is 7.83. The molecule has 0 unspecified atom stereocenters. The van der Waals surface area contributed by atoms with Crippen LogP contribution in [0.4, 0.5) is 16.3 Å². The summed E-state index contributed by atoms with van der Waals surface area (Å²) in [6.45, 7) is 11.3. The maximum atomic E-state index is 13.2. The van der Waals surface area contributed by atoms with Gasteiger partial charge in [0, 0.05) is 42.6 Å². The Labute approximate surface area is 236 Å². The van der Waals surface area contributed by atoms with E-state index >= 15 is 0 Å². The second kappa shape index (κ2) is 11.3. The van der Waals surface area contributed by atoms with Crippen molar-refractivity contribution in [2.24, 2.45) is 0 Å². The van der Waals surface area contributed by atoms with E-state index in [1.165, 1.54) is 0 Å². The fourth-order valence-corrected chi connectivity index (χ4v) is 4.89. The molecule has 1 aliphatic heterocycles. The number of ether oxygens (including phenoxy) is 1. The Bertz CT molecular complexity index is 1470. The van der Waals surface area contributed by atoms with Crippen molar-refractivity contribution < 1.29 is 14.6 Å². The van der Waals surface area contributed by atoms with E-state index in [0.717, 1.165) is 66.1 Å². The topological polar surface area (TPSA) is 91.7 Å². The first-order chi connectivity index (χ1) is 19.1. The summed E-state index contributed by atoms with van der Waals surface area (Å²) >= 11 is 0. The van der Waals surface area contributed by atoms with Crippen LogP contribution in [0.3, 0.4) is 0 Å². The van der Waals surface area contributed by atoms with Crippen molar-refractivity contribution in [3.63, 3.8) is 0 Å². The minimum absolute atomic E-state index is 0.207. The van der Waals surface area contributed by atoms with Crippen LogP contribution < -0.4 is 15.4 Å². The highest BCUT2D eigenvalue weighted by Crippen LogP contribution is 2.29. The Morgan fingerprint density at radius 1 is 1.00 bits per heavy atom. The van der Waals surface area contributed by atoms with Crippen LogP contribution in [0, 0.1) is 0 Å². The van der Waals surface area contributed by atoms with Gasteiger partial charge in [-0.25, -0.2) is 9.48 Å². The molecule has 3 aromatic carbocycles. The SMILES string of the molecule is CC1(O)CCN(CCOc2cccc(-n3nc(C(C)(C)C)cc3NC(=O)Nc3cccc4ccccc34)c2)CC1. The molecule has 5 rings (SSSR count). The first-order valence-electron chi connectivity index (χ1n) is 13.9. The van der Waals surface area contributed by atoms with E-state index < -0.39 is 5.60 Å². The molecular weight excluding hydrogens is 502 g/mol. The van der Waals surface area contributed by atoms with Gasteiger partial charge in [0.05, 0.1) is 22.7 Å². The van der Waals surface area contributed by atoms with Crippen molar-refractivity contribution in [1.29, 1.82) is 0 Å². The maximum absolute atomic E-state index is 13.2. The minimum atomic E-state index is -0.557. The normalized spacial score (nSPS) is 15.6. The zero-order valence-corrected chi connectivity index (χ0v) is 23.8. The molecule has 210 valence electrons. The Hall–Kier alpha value is -3.88. The fourth-order valence-electron chi connectivity index (χ4n) is 4.89. The number of hydrogen-bond donors (Lipinski definition) is 3. The van der Waals surface area contributed by atoms with Crippen molar-refractivity contribution in [3.8, 4) is 11.4 Å². The first-order valence-corrected chi connectivity index (χ1v) is 13.9. The lowest BCUT2D eigenvalue weighted by atomic mass is 9.92. The van der Waals surface area contributed by atoms with E-state index in [1.54, 1.807) is 4.68 Å². The largest absolute Gasteiger partial charge is 0.492 e. The summed E-state index contributed by atoms with van der Waals surface area (Å²) in [5.74, 6) is 1.31. The van der Waals surface area contributed by atoms with E-state index in [2.05, 4.69) is 36.3 Å². The first kappa shape index (κ1) is 27.7. The molecule has 4 aromatic rings. The molecule has 0 radical (unpaired) electrons. The van der Waals surface area contributed by atoms with Crippen LogP contribution in [-0.2, 0) is 5.41 Å². The number of aliphatic hydroxyl groups is 1. The average molecular weight is 542 g/mol. The van der Waals surface area contributed by atoms with Gasteiger partial charge >= 0.3 is 6.03 Å². The molecular formula is C32H39N5O3. The summed E-state index contributed by atoms with van der Waals surface area (Å²) in [6.07, 6.45) is 1.56. The molecule has 0 bridgehead atoms. The number of carbonyl (C=O) groups excluding carboxylic acids is 1. The van der Waals surface area contributed by atoms with Gasteiger partial charge in [0.25, 0.3) is 0 Å². The monoisotopic (exact) mass is 541 g/mol. The number of amides is 2. The molecule has 0 spiro atoms. The van der Waals surface area contributed by atoms with Crippen LogP contribution in [0.5, 0.6) is 5.75 Å². The highest BCUT2D eigenvalue weighted by molar-refractivity contribution is 6.06. The fraction of sp³-hybridized carbons (Fsp3) is 0.375. The van der Waals surface area contributed by atoms with Gasteiger partial charge in [-0.15, -0.1) is 0 Å². The molecule has 2 heterocycles. The zero-order chi connectivity index (χ0) is 28.3. The molecule has 1 aliphatic rings. The second-order valence-corrected chi connectivity index (χ2v) is 11.9. The number of fused-ring (bicyclic) bond motifs is 1. The van der Waals surface area contributed by atoms with E-state index in [0.29, 0.717) is 12.4 Å². The molecule has 8 nitrogen and oxygen atoms in total. The quantitative estimate of drug-likeness (QED) is 0.259. The van der Waals surface area contributed by atoms with E-state index in [1.807, 2.05) is 79.7 Å². The third-order valence-electron chi connectivity index (χ3n) is 7.43. The van der Waals surface area contributed by atoms with Crippen molar-refractivity contribution in [2.75, 3.05) is 36.9 Å². The lowest BCUT2D eigenvalue weighted by Gasteiger charge is -2.35. The number of anilines is 2. The average Bonchev–Trinajstić information content (AvgIpc) is 3.34. The number of nitrogens with one attached hydrogen (secondary N) is 2. The molecule has 2 amide bonds. The molecule has 40 heavy (non-hydrogen) atoms. The smallest absolute Gasteiger partial charge is 0.324 e. The molecule has 1 aromatic heterocycles. The van der Waals surface area contributed by atoms with Crippen molar-refractivity contribution >= 4 is 28.3 Å². The van der Waals surface area contributed by atoms with Crippen LogP contribution in [0.1, 0.15) is 46.2 Å². The Balaban J connectivity index is 1.31. The summed E-state index contributed by atoms with van der Waals surface area (Å²) in [5, 5.41) is 23.1. The van der Waals surface area contributed by atoms with Gasteiger partial charge in [-0.1, -0.05) is 63.2 Å².